The Kier molecular flexibility index (Phi) is 7.35. The average Bonchev–Trinajstić information content (AvgIpc) is 3.40. The molecule has 3 aromatic rings. The highest BCUT2D eigenvalue weighted by atomic mass is 35.5. The Morgan fingerprint density at radius 1 is 1.24 bits per heavy atom. The van der Waals surface area contributed by atoms with Gasteiger partial charge < -0.3 is 9.30 Å². The Morgan fingerprint density at radius 2 is 2.00 bits per heavy atom. The first kappa shape index (κ1) is 24.1. The molecule has 33 heavy (non-hydrogen) atoms. The first-order valence-corrected chi connectivity index (χ1v) is 13.5. The summed E-state index contributed by atoms with van der Waals surface area (Å²) in [7, 11) is -3.83. The Labute approximate surface area is 202 Å². The lowest BCUT2D eigenvalue weighted by Gasteiger charge is -2.21. The van der Waals surface area contributed by atoms with Gasteiger partial charge in [-0.2, -0.15) is 9.30 Å². The number of benzene rings is 2. The molecule has 1 atom stereocenters. The number of carbonyl (C=O) groups excluding carboxylic acids is 1. The molecule has 2 aromatic carbocycles. The van der Waals surface area contributed by atoms with E-state index in [1.165, 1.54) is 39.9 Å². The van der Waals surface area contributed by atoms with E-state index in [0.29, 0.717) is 42.4 Å². The molecule has 1 unspecified atom stereocenters. The molecule has 0 aliphatic carbocycles. The molecule has 4 rings (SSSR count). The largest absolute Gasteiger partial charge is 0.380 e. The van der Waals surface area contributed by atoms with Crippen LogP contribution in [0.2, 0.25) is 5.02 Å². The molecular weight excluding hydrogens is 482 g/mol. The lowest BCUT2D eigenvalue weighted by molar-refractivity contribution is -0.121. The van der Waals surface area contributed by atoms with Gasteiger partial charge in [-0.1, -0.05) is 29.0 Å². The predicted molar refractivity (Wildman–Crippen MR) is 130 cm³/mol. The van der Waals surface area contributed by atoms with Crippen molar-refractivity contribution in [1.82, 2.24) is 8.87 Å². The third-order valence-corrected chi connectivity index (χ3v) is 8.83. The van der Waals surface area contributed by atoms with Gasteiger partial charge in [-0.15, -0.1) is 0 Å². The van der Waals surface area contributed by atoms with E-state index >= 15 is 0 Å². The average molecular weight is 508 g/mol. The van der Waals surface area contributed by atoms with Gasteiger partial charge in [-0.3, -0.25) is 4.79 Å². The molecule has 176 valence electrons. The Balaban J connectivity index is 1.69. The van der Waals surface area contributed by atoms with Crippen molar-refractivity contribution in [3.63, 3.8) is 0 Å². The summed E-state index contributed by atoms with van der Waals surface area (Å²) in [5.41, 5.74) is 2.10. The standard InChI is InChI=1S/C23H26ClN3O4S2/c1-3-31-14-13-26-19-11-6-16(2)15-21(19)32-23(26)25-22(28)20-5-4-12-27(20)33(29,30)18-9-7-17(24)8-10-18/h6-11,15,20H,3-5,12-14H2,1-2H3. The van der Waals surface area contributed by atoms with Gasteiger partial charge >= 0.3 is 0 Å². The number of fused-ring (bicyclic) bond motifs is 1. The zero-order valence-corrected chi connectivity index (χ0v) is 20.9. The van der Waals surface area contributed by atoms with E-state index in [0.717, 1.165) is 15.8 Å². The lowest BCUT2D eigenvalue weighted by Crippen LogP contribution is -2.40. The molecule has 0 saturated carbocycles. The molecule has 1 aromatic heterocycles. The number of rotatable bonds is 7. The van der Waals surface area contributed by atoms with Crippen molar-refractivity contribution in [2.45, 2.75) is 44.2 Å². The number of hydrogen-bond donors (Lipinski definition) is 0. The molecule has 0 N–H and O–H groups in total. The summed E-state index contributed by atoms with van der Waals surface area (Å²) in [6.45, 7) is 5.90. The number of nitrogens with zero attached hydrogens (tertiary/aromatic N) is 3. The number of hydrogen-bond acceptors (Lipinski definition) is 5. The maximum Gasteiger partial charge on any atom is 0.266 e. The number of ether oxygens (including phenoxy) is 1. The minimum Gasteiger partial charge on any atom is -0.380 e. The molecule has 0 spiro atoms. The van der Waals surface area contributed by atoms with Crippen LogP contribution in [0.15, 0.2) is 52.4 Å². The number of halogens is 1. The summed E-state index contributed by atoms with van der Waals surface area (Å²) in [5.74, 6) is -0.446. The van der Waals surface area contributed by atoms with Crippen molar-refractivity contribution in [2.75, 3.05) is 19.8 Å². The van der Waals surface area contributed by atoms with Gasteiger partial charge in [0.1, 0.15) is 6.04 Å². The van der Waals surface area contributed by atoms with Crippen LogP contribution in [0.4, 0.5) is 0 Å². The summed E-state index contributed by atoms with van der Waals surface area (Å²) in [6, 6.07) is 11.3. The van der Waals surface area contributed by atoms with E-state index in [1.54, 1.807) is 0 Å². The van der Waals surface area contributed by atoms with E-state index in [2.05, 4.69) is 11.1 Å². The first-order valence-electron chi connectivity index (χ1n) is 10.8. The maximum atomic E-state index is 13.3. The van der Waals surface area contributed by atoms with E-state index < -0.39 is 22.0 Å². The summed E-state index contributed by atoms with van der Waals surface area (Å²) >= 11 is 7.33. The molecule has 10 heteroatoms. The van der Waals surface area contributed by atoms with Gasteiger partial charge in [0.15, 0.2) is 4.80 Å². The number of aryl methyl sites for hydroxylation is 1. The molecule has 2 heterocycles. The van der Waals surface area contributed by atoms with E-state index in [-0.39, 0.29) is 11.4 Å². The molecule has 1 aliphatic heterocycles. The van der Waals surface area contributed by atoms with Gasteiger partial charge in [-0.25, -0.2) is 8.42 Å². The molecule has 1 saturated heterocycles. The summed E-state index contributed by atoms with van der Waals surface area (Å²) in [6.07, 6.45) is 1.05. The van der Waals surface area contributed by atoms with Crippen molar-refractivity contribution in [3.05, 3.63) is 57.9 Å². The highest BCUT2D eigenvalue weighted by molar-refractivity contribution is 7.89. The third kappa shape index (κ3) is 5.07. The van der Waals surface area contributed by atoms with Crippen LogP contribution >= 0.6 is 22.9 Å². The second-order valence-electron chi connectivity index (χ2n) is 7.88. The minimum absolute atomic E-state index is 0.121. The zero-order chi connectivity index (χ0) is 23.6. The highest BCUT2D eigenvalue weighted by Gasteiger charge is 2.39. The first-order chi connectivity index (χ1) is 15.8. The third-order valence-electron chi connectivity index (χ3n) is 5.62. The van der Waals surface area contributed by atoms with Crippen molar-refractivity contribution < 1.29 is 17.9 Å². The Hall–Kier alpha value is -2.04. The summed E-state index contributed by atoms with van der Waals surface area (Å²) in [5, 5.41) is 0.453. The van der Waals surface area contributed by atoms with Crippen LogP contribution in [0.25, 0.3) is 10.2 Å². The molecular formula is C23H26ClN3O4S2. The lowest BCUT2D eigenvalue weighted by atomic mass is 10.2. The number of amides is 1. The zero-order valence-electron chi connectivity index (χ0n) is 18.5. The van der Waals surface area contributed by atoms with Crippen LogP contribution < -0.4 is 4.80 Å². The summed E-state index contributed by atoms with van der Waals surface area (Å²) < 4.78 is 36.2. The number of aromatic nitrogens is 1. The molecule has 0 bridgehead atoms. The van der Waals surface area contributed by atoms with E-state index in [4.69, 9.17) is 16.3 Å². The van der Waals surface area contributed by atoms with Crippen LogP contribution in [0.5, 0.6) is 0 Å². The van der Waals surface area contributed by atoms with Crippen molar-refractivity contribution in [1.29, 1.82) is 0 Å². The Bertz CT molecular complexity index is 1330. The Morgan fingerprint density at radius 3 is 2.73 bits per heavy atom. The van der Waals surface area contributed by atoms with Gasteiger partial charge in [-0.05, 0) is 68.7 Å². The summed E-state index contributed by atoms with van der Waals surface area (Å²) in [4.78, 5) is 18.3. The van der Waals surface area contributed by atoms with Crippen molar-refractivity contribution >= 4 is 49.1 Å². The molecule has 0 radical (unpaired) electrons. The van der Waals surface area contributed by atoms with Crippen molar-refractivity contribution in [2.24, 2.45) is 4.99 Å². The molecule has 1 amide bonds. The van der Waals surface area contributed by atoms with E-state index in [1.807, 2.05) is 30.5 Å². The fraction of sp³-hybridized carbons (Fsp3) is 0.391. The van der Waals surface area contributed by atoms with Crippen LogP contribution in [0, 0.1) is 6.92 Å². The minimum atomic E-state index is -3.83. The molecule has 7 nitrogen and oxygen atoms in total. The van der Waals surface area contributed by atoms with Crippen LogP contribution in [-0.2, 0) is 26.1 Å². The van der Waals surface area contributed by atoms with Gasteiger partial charge in [0.25, 0.3) is 5.91 Å². The maximum absolute atomic E-state index is 13.3. The fourth-order valence-corrected chi connectivity index (χ4v) is 6.90. The topological polar surface area (TPSA) is 81.0 Å². The quantitative estimate of drug-likeness (QED) is 0.453. The highest BCUT2D eigenvalue weighted by Crippen LogP contribution is 2.28. The SMILES string of the molecule is CCOCCn1c(=NC(=O)C2CCCN2S(=O)(=O)c2ccc(Cl)cc2)sc2cc(C)ccc21. The van der Waals surface area contributed by atoms with Crippen molar-refractivity contribution in [3.8, 4) is 0 Å². The normalized spacial score (nSPS) is 17.8. The van der Waals surface area contributed by atoms with E-state index in [9.17, 15) is 13.2 Å². The number of sulfonamides is 1. The fourth-order valence-electron chi connectivity index (χ4n) is 3.97. The van der Waals surface area contributed by atoms with Crippen LogP contribution in [0.1, 0.15) is 25.3 Å². The molecule has 1 fully saturated rings. The van der Waals surface area contributed by atoms with Crippen LogP contribution in [-0.4, -0.2) is 49.0 Å². The number of carbonyl (C=O) groups is 1. The smallest absolute Gasteiger partial charge is 0.266 e. The monoisotopic (exact) mass is 507 g/mol. The van der Waals surface area contributed by atoms with Gasteiger partial charge in [0, 0.05) is 24.7 Å². The predicted octanol–water partition coefficient (Wildman–Crippen LogP) is 3.98. The second kappa shape index (κ2) is 10.1. The van der Waals surface area contributed by atoms with Crippen LogP contribution in [0.3, 0.4) is 0 Å². The number of thiazole rings is 1. The van der Waals surface area contributed by atoms with Gasteiger partial charge in [0.2, 0.25) is 10.0 Å². The molecule has 1 aliphatic rings. The van der Waals surface area contributed by atoms with Gasteiger partial charge in [0.05, 0.1) is 21.7 Å². The second-order valence-corrected chi connectivity index (χ2v) is 11.2.